The lowest BCUT2D eigenvalue weighted by atomic mass is 10.0. The Morgan fingerprint density at radius 3 is 2.76 bits per heavy atom. The largest absolute Gasteiger partial charge is 0.467 e. The summed E-state index contributed by atoms with van der Waals surface area (Å²) in [6, 6.07) is 7.31. The van der Waals surface area contributed by atoms with Crippen LogP contribution >= 0.6 is 0 Å². The van der Waals surface area contributed by atoms with Gasteiger partial charge in [-0.05, 0) is 6.07 Å². The van der Waals surface area contributed by atoms with Gasteiger partial charge in [0, 0.05) is 22.7 Å². The number of para-hydroxylation sites is 1. The summed E-state index contributed by atoms with van der Waals surface area (Å²) in [6.45, 7) is 0. The third-order valence-electron chi connectivity index (χ3n) is 2.68. The number of hydrogen-bond acceptors (Lipinski definition) is 4. The number of aromatic nitrogens is 1. The summed E-state index contributed by atoms with van der Waals surface area (Å²) in [5.41, 5.74) is 1.30. The molecule has 0 saturated heterocycles. The number of carbonyl (C=O) groups is 1. The highest BCUT2D eigenvalue weighted by atomic mass is 16.5. The Kier molecular flexibility index (Phi) is 3.12. The maximum absolute atomic E-state index is 11.1. The lowest BCUT2D eigenvalue weighted by Crippen LogP contribution is -2.28. The number of rotatable bonds is 3. The predicted molar refractivity (Wildman–Crippen MR) is 61.3 cm³/mol. The zero-order valence-electron chi connectivity index (χ0n) is 9.25. The molecule has 0 saturated carbocycles. The van der Waals surface area contributed by atoms with E-state index in [-0.39, 0.29) is 0 Å². The molecular formula is C12H13NO4. The first-order chi connectivity index (χ1) is 8.15. The minimum absolute atomic E-state index is 0.471. The highest BCUT2D eigenvalue weighted by Gasteiger charge is 2.28. The van der Waals surface area contributed by atoms with Crippen molar-refractivity contribution in [3.8, 4) is 0 Å². The smallest absolute Gasteiger partial charge is 0.337 e. The van der Waals surface area contributed by atoms with E-state index in [9.17, 15) is 15.0 Å². The molecule has 0 amide bonds. The van der Waals surface area contributed by atoms with Crippen molar-refractivity contribution in [1.29, 1.82) is 0 Å². The van der Waals surface area contributed by atoms with Gasteiger partial charge in [0.2, 0.25) is 0 Å². The molecule has 0 aliphatic heterocycles. The van der Waals surface area contributed by atoms with Gasteiger partial charge in [0.05, 0.1) is 7.11 Å². The zero-order chi connectivity index (χ0) is 12.4. The van der Waals surface area contributed by atoms with E-state index >= 15 is 0 Å². The second kappa shape index (κ2) is 4.57. The SMILES string of the molecule is COC(=O)C(O)C(O)c1c[nH]c2ccccc12. The number of H-pyrrole nitrogens is 1. The molecule has 0 fully saturated rings. The lowest BCUT2D eigenvalue weighted by molar-refractivity contribution is -0.156. The van der Waals surface area contributed by atoms with E-state index in [1.54, 1.807) is 12.3 Å². The molecule has 0 aliphatic rings. The Hall–Kier alpha value is -1.85. The summed E-state index contributed by atoms with van der Waals surface area (Å²) >= 11 is 0. The number of fused-ring (bicyclic) bond motifs is 1. The number of hydrogen-bond donors (Lipinski definition) is 3. The van der Waals surface area contributed by atoms with Crippen LogP contribution in [0, 0.1) is 0 Å². The van der Waals surface area contributed by atoms with Crippen LogP contribution < -0.4 is 0 Å². The number of methoxy groups -OCH3 is 1. The first-order valence-electron chi connectivity index (χ1n) is 5.15. The van der Waals surface area contributed by atoms with Gasteiger partial charge >= 0.3 is 5.97 Å². The standard InChI is InChI=1S/C12H13NO4/c1-17-12(16)11(15)10(14)8-6-13-9-5-3-2-4-7(8)9/h2-6,10-11,13-15H,1H3. The molecule has 1 aromatic heterocycles. The van der Waals surface area contributed by atoms with Crippen molar-refractivity contribution < 1.29 is 19.7 Å². The van der Waals surface area contributed by atoms with Crippen LogP contribution in [-0.2, 0) is 9.53 Å². The minimum Gasteiger partial charge on any atom is -0.467 e. The molecule has 5 heteroatoms. The summed E-state index contributed by atoms with van der Waals surface area (Å²) < 4.78 is 4.38. The third-order valence-corrected chi connectivity index (χ3v) is 2.68. The average Bonchev–Trinajstić information content (AvgIpc) is 2.79. The summed E-state index contributed by atoms with van der Waals surface area (Å²) in [5.74, 6) is -0.859. The van der Waals surface area contributed by atoms with E-state index in [1.807, 2.05) is 18.2 Å². The van der Waals surface area contributed by atoms with Gasteiger partial charge < -0.3 is 19.9 Å². The molecule has 17 heavy (non-hydrogen) atoms. The van der Waals surface area contributed by atoms with Crippen LogP contribution in [0.15, 0.2) is 30.5 Å². The van der Waals surface area contributed by atoms with Gasteiger partial charge in [-0.25, -0.2) is 4.79 Å². The van der Waals surface area contributed by atoms with Gasteiger partial charge in [0.15, 0.2) is 6.10 Å². The Morgan fingerprint density at radius 2 is 2.06 bits per heavy atom. The maximum Gasteiger partial charge on any atom is 0.337 e. The molecule has 2 rings (SSSR count). The second-order valence-corrected chi connectivity index (χ2v) is 3.70. The molecule has 2 unspecified atom stereocenters. The molecule has 2 atom stereocenters. The zero-order valence-corrected chi connectivity index (χ0v) is 9.25. The molecule has 5 nitrogen and oxygen atoms in total. The molecule has 3 N–H and O–H groups in total. The topological polar surface area (TPSA) is 82.6 Å². The van der Waals surface area contributed by atoms with E-state index in [1.165, 1.54) is 0 Å². The Balaban J connectivity index is 2.36. The number of ether oxygens (including phenoxy) is 1. The van der Waals surface area contributed by atoms with Gasteiger partial charge in [0.1, 0.15) is 6.10 Å². The van der Waals surface area contributed by atoms with Gasteiger partial charge in [0.25, 0.3) is 0 Å². The average molecular weight is 235 g/mol. The van der Waals surface area contributed by atoms with E-state index < -0.39 is 18.2 Å². The third kappa shape index (κ3) is 2.02. The van der Waals surface area contributed by atoms with Crippen LogP contribution in [0.3, 0.4) is 0 Å². The number of aliphatic hydroxyl groups is 2. The van der Waals surface area contributed by atoms with Crippen LogP contribution in [0.4, 0.5) is 0 Å². The first-order valence-corrected chi connectivity index (χ1v) is 5.15. The van der Waals surface area contributed by atoms with Gasteiger partial charge in [-0.2, -0.15) is 0 Å². The van der Waals surface area contributed by atoms with Gasteiger partial charge in [-0.3, -0.25) is 0 Å². The molecule has 0 radical (unpaired) electrons. The molecule has 2 aromatic rings. The Morgan fingerprint density at radius 1 is 1.35 bits per heavy atom. The molecular weight excluding hydrogens is 222 g/mol. The highest BCUT2D eigenvalue weighted by Crippen LogP contribution is 2.26. The molecule has 0 spiro atoms. The second-order valence-electron chi connectivity index (χ2n) is 3.70. The van der Waals surface area contributed by atoms with Crippen LogP contribution in [0.1, 0.15) is 11.7 Å². The van der Waals surface area contributed by atoms with E-state index in [4.69, 9.17) is 0 Å². The maximum atomic E-state index is 11.1. The summed E-state index contributed by atoms with van der Waals surface area (Å²) in [5, 5.41) is 20.3. The minimum atomic E-state index is -1.58. The van der Waals surface area contributed by atoms with E-state index in [0.717, 1.165) is 18.0 Å². The Bertz CT molecular complexity index is 534. The first kappa shape index (κ1) is 11.6. The van der Waals surface area contributed by atoms with Crippen molar-refractivity contribution in [3.63, 3.8) is 0 Å². The summed E-state index contributed by atoms with van der Waals surface area (Å²) in [7, 11) is 1.16. The number of esters is 1. The van der Waals surface area contributed by atoms with Crippen molar-refractivity contribution in [2.75, 3.05) is 7.11 Å². The van der Waals surface area contributed by atoms with Crippen molar-refractivity contribution in [2.45, 2.75) is 12.2 Å². The van der Waals surface area contributed by atoms with Crippen LogP contribution in [0.5, 0.6) is 0 Å². The molecule has 1 aromatic carbocycles. The number of aromatic amines is 1. The number of nitrogens with one attached hydrogen (secondary N) is 1. The van der Waals surface area contributed by atoms with Crippen molar-refractivity contribution in [2.24, 2.45) is 0 Å². The van der Waals surface area contributed by atoms with Crippen molar-refractivity contribution >= 4 is 16.9 Å². The van der Waals surface area contributed by atoms with Gasteiger partial charge in [-0.1, -0.05) is 18.2 Å². The summed E-state index contributed by atoms with van der Waals surface area (Å²) in [4.78, 5) is 14.1. The van der Waals surface area contributed by atoms with Crippen molar-refractivity contribution in [1.82, 2.24) is 4.98 Å². The number of carbonyl (C=O) groups excluding carboxylic acids is 1. The fourth-order valence-electron chi connectivity index (χ4n) is 1.76. The molecule has 1 heterocycles. The molecule has 0 aliphatic carbocycles. The fourth-order valence-corrected chi connectivity index (χ4v) is 1.76. The normalized spacial score (nSPS) is 14.5. The van der Waals surface area contributed by atoms with E-state index in [0.29, 0.717) is 5.56 Å². The lowest BCUT2D eigenvalue weighted by Gasteiger charge is -2.14. The summed E-state index contributed by atoms with van der Waals surface area (Å²) in [6.07, 6.45) is -1.32. The molecule has 0 bridgehead atoms. The highest BCUT2D eigenvalue weighted by molar-refractivity contribution is 5.85. The van der Waals surface area contributed by atoms with Crippen molar-refractivity contribution in [3.05, 3.63) is 36.0 Å². The predicted octanol–water partition coefficient (Wildman–Crippen LogP) is 0.735. The van der Waals surface area contributed by atoms with Crippen LogP contribution in [-0.4, -0.2) is 34.4 Å². The number of aliphatic hydroxyl groups excluding tert-OH is 2. The van der Waals surface area contributed by atoms with E-state index in [2.05, 4.69) is 9.72 Å². The van der Waals surface area contributed by atoms with Crippen LogP contribution in [0.25, 0.3) is 10.9 Å². The van der Waals surface area contributed by atoms with Gasteiger partial charge in [-0.15, -0.1) is 0 Å². The monoisotopic (exact) mass is 235 g/mol. The Labute approximate surface area is 97.6 Å². The fraction of sp³-hybridized carbons (Fsp3) is 0.250. The quantitative estimate of drug-likeness (QED) is 0.685. The molecule has 90 valence electrons. The number of benzene rings is 1. The van der Waals surface area contributed by atoms with Crippen LogP contribution in [0.2, 0.25) is 0 Å².